The first-order valence-corrected chi connectivity index (χ1v) is 8.88. The van der Waals surface area contributed by atoms with E-state index in [9.17, 15) is 9.59 Å². The molecule has 0 radical (unpaired) electrons. The summed E-state index contributed by atoms with van der Waals surface area (Å²) in [6.07, 6.45) is 0.0522. The van der Waals surface area contributed by atoms with Crippen molar-refractivity contribution in [2.75, 3.05) is 14.2 Å². The van der Waals surface area contributed by atoms with Crippen molar-refractivity contribution in [2.45, 2.75) is 19.9 Å². The Kier molecular flexibility index (Phi) is 7.83. The van der Waals surface area contributed by atoms with Gasteiger partial charge in [-0.25, -0.2) is 5.43 Å². The number of hydrogen-bond donors (Lipinski definition) is 2. The lowest BCUT2D eigenvalue weighted by atomic mass is 10.2. The monoisotopic (exact) mass is 403 g/mol. The molecule has 8 heteroatoms. The Morgan fingerprint density at radius 2 is 1.79 bits per heavy atom. The Labute approximate surface area is 168 Å². The third-order valence-electron chi connectivity index (χ3n) is 3.84. The fraction of sp³-hybridized carbons (Fsp3) is 0.250. The second-order valence-electron chi connectivity index (χ2n) is 5.90. The predicted octanol–water partition coefficient (Wildman–Crippen LogP) is 3.17. The van der Waals surface area contributed by atoms with Gasteiger partial charge >= 0.3 is 0 Å². The average Bonchev–Trinajstić information content (AvgIpc) is 2.70. The van der Waals surface area contributed by atoms with E-state index in [1.54, 1.807) is 31.2 Å². The van der Waals surface area contributed by atoms with Crippen molar-refractivity contribution in [2.24, 2.45) is 5.10 Å². The highest BCUT2D eigenvalue weighted by molar-refractivity contribution is 6.31. The number of benzene rings is 2. The van der Waals surface area contributed by atoms with Gasteiger partial charge in [-0.3, -0.25) is 9.59 Å². The number of amides is 2. The van der Waals surface area contributed by atoms with Gasteiger partial charge in [-0.05, 0) is 36.8 Å². The van der Waals surface area contributed by atoms with E-state index in [0.29, 0.717) is 34.3 Å². The third-order valence-corrected chi connectivity index (χ3v) is 4.21. The summed E-state index contributed by atoms with van der Waals surface area (Å²) in [5.41, 5.74) is 4.08. The Morgan fingerprint density at radius 1 is 1.07 bits per heavy atom. The van der Waals surface area contributed by atoms with Gasteiger partial charge < -0.3 is 14.8 Å². The number of hydrogen-bond acceptors (Lipinski definition) is 5. The predicted molar refractivity (Wildman–Crippen MR) is 108 cm³/mol. The molecule has 0 aromatic heterocycles. The van der Waals surface area contributed by atoms with Crippen molar-refractivity contribution in [3.8, 4) is 11.5 Å². The second-order valence-corrected chi connectivity index (χ2v) is 6.31. The number of nitrogens with one attached hydrogen (secondary N) is 2. The lowest BCUT2D eigenvalue weighted by Crippen LogP contribution is -2.26. The summed E-state index contributed by atoms with van der Waals surface area (Å²) in [5, 5.41) is 7.33. The van der Waals surface area contributed by atoms with E-state index in [1.807, 2.05) is 18.2 Å². The maximum absolute atomic E-state index is 12.2. The van der Waals surface area contributed by atoms with E-state index in [0.717, 1.165) is 5.56 Å². The van der Waals surface area contributed by atoms with E-state index >= 15 is 0 Å². The first kappa shape index (κ1) is 21.2. The Hall–Kier alpha value is -3.06. The van der Waals surface area contributed by atoms with Crippen LogP contribution in [0.15, 0.2) is 47.6 Å². The molecule has 7 nitrogen and oxygen atoms in total. The summed E-state index contributed by atoms with van der Waals surface area (Å²) in [6.45, 7) is 1.98. The van der Waals surface area contributed by atoms with Crippen LogP contribution in [0.25, 0.3) is 0 Å². The summed E-state index contributed by atoms with van der Waals surface area (Å²) >= 11 is 6.06. The summed E-state index contributed by atoms with van der Waals surface area (Å²) in [6, 6.07) is 12.1. The fourth-order valence-corrected chi connectivity index (χ4v) is 2.56. The number of rotatable bonds is 8. The van der Waals surface area contributed by atoms with Gasteiger partial charge in [0.2, 0.25) is 5.91 Å². The highest BCUT2D eigenvalue weighted by atomic mass is 35.5. The van der Waals surface area contributed by atoms with Crippen LogP contribution < -0.4 is 20.2 Å². The van der Waals surface area contributed by atoms with Crippen LogP contribution >= 0.6 is 11.6 Å². The molecule has 0 unspecified atom stereocenters. The molecule has 0 aliphatic carbocycles. The molecule has 0 spiro atoms. The molecule has 148 valence electrons. The van der Waals surface area contributed by atoms with E-state index < -0.39 is 5.91 Å². The number of halogens is 1. The van der Waals surface area contributed by atoms with Crippen molar-refractivity contribution in [1.29, 1.82) is 0 Å². The first-order chi connectivity index (χ1) is 13.4. The summed E-state index contributed by atoms with van der Waals surface area (Å²) in [7, 11) is 3.01. The number of hydrazone groups is 1. The SMILES string of the molecule is COc1ccc(C(=O)NN=C(C)CC(=O)NCc2ccccc2Cl)cc1OC. The van der Waals surface area contributed by atoms with Gasteiger partial charge in [-0.1, -0.05) is 29.8 Å². The van der Waals surface area contributed by atoms with Gasteiger partial charge in [0.05, 0.1) is 20.6 Å². The zero-order valence-electron chi connectivity index (χ0n) is 15.9. The lowest BCUT2D eigenvalue weighted by molar-refractivity contribution is -0.120. The molecular formula is C20H22ClN3O4. The molecule has 0 aliphatic heterocycles. The van der Waals surface area contributed by atoms with Crippen molar-refractivity contribution in [1.82, 2.24) is 10.7 Å². The van der Waals surface area contributed by atoms with Crippen LogP contribution in [0.3, 0.4) is 0 Å². The zero-order valence-corrected chi connectivity index (χ0v) is 16.7. The molecule has 2 rings (SSSR count). The number of carbonyl (C=O) groups is 2. The lowest BCUT2D eigenvalue weighted by Gasteiger charge is -2.09. The van der Waals surface area contributed by atoms with Crippen molar-refractivity contribution in [3.05, 3.63) is 58.6 Å². The van der Waals surface area contributed by atoms with Crippen molar-refractivity contribution < 1.29 is 19.1 Å². The Bertz CT molecular complexity index is 884. The molecule has 2 aromatic carbocycles. The molecule has 0 fully saturated rings. The van der Waals surface area contributed by atoms with Crippen LogP contribution in [0.5, 0.6) is 11.5 Å². The maximum atomic E-state index is 12.2. The average molecular weight is 404 g/mol. The van der Waals surface area contributed by atoms with Crippen LogP contribution in [0.2, 0.25) is 5.02 Å². The molecule has 0 saturated carbocycles. The van der Waals surface area contributed by atoms with Crippen LogP contribution in [0.4, 0.5) is 0 Å². The number of ether oxygens (including phenoxy) is 2. The summed E-state index contributed by atoms with van der Waals surface area (Å²) in [5.74, 6) is 0.321. The van der Waals surface area contributed by atoms with Crippen LogP contribution in [-0.2, 0) is 11.3 Å². The normalized spacial score (nSPS) is 10.9. The van der Waals surface area contributed by atoms with Gasteiger partial charge in [0.25, 0.3) is 5.91 Å². The van der Waals surface area contributed by atoms with E-state index in [-0.39, 0.29) is 12.3 Å². The van der Waals surface area contributed by atoms with Gasteiger partial charge in [0.1, 0.15) is 0 Å². The minimum absolute atomic E-state index is 0.0522. The minimum Gasteiger partial charge on any atom is -0.493 e. The Balaban J connectivity index is 1.88. The summed E-state index contributed by atoms with van der Waals surface area (Å²) in [4.78, 5) is 24.2. The largest absolute Gasteiger partial charge is 0.493 e. The number of methoxy groups -OCH3 is 2. The maximum Gasteiger partial charge on any atom is 0.271 e. The van der Waals surface area contributed by atoms with Crippen LogP contribution in [-0.4, -0.2) is 31.7 Å². The van der Waals surface area contributed by atoms with E-state index in [4.69, 9.17) is 21.1 Å². The van der Waals surface area contributed by atoms with Gasteiger partial charge in [0, 0.05) is 22.8 Å². The molecule has 0 heterocycles. The molecule has 0 atom stereocenters. The highest BCUT2D eigenvalue weighted by Crippen LogP contribution is 2.27. The quantitative estimate of drug-likeness (QED) is 0.523. The molecule has 0 aliphatic rings. The van der Waals surface area contributed by atoms with E-state index in [1.165, 1.54) is 14.2 Å². The number of carbonyl (C=O) groups excluding carboxylic acids is 2. The van der Waals surface area contributed by atoms with E-state index in [2.05, 4.69) is 15.8 Å². The standard InChI is InChI=1S/C20H22ClN3O4/c1-13(10-19(25)22-12-15-6-4-5-7-16(15)21)23-24-20(26)14-8-9-17(27-2)18(11-14)28-3/h4-9,11H,10,12H2,1-3H3,(H,22,25)(H,24,26). The summed E-state index contributed by atoms with van der Waals surface area (Å²) < 4.78 is 10.3. The first-order valence-electron chi connectivity index (χ1n) is 8.50. The molecule has 28 heavy (non-hydrogen) atoms. The molecule has 2 amide bonds. The number of nitrogens with zero attached hydrogens (tertiary/aromatic N) is 1. The zero-order chi connectivity index (χ0) is 20.5. The Morgan fingerprint density at radius 3 is 2.46 bits per heavy atom. The topological polar surface area (TPSA) is 89.0 Å². The minimum atomic E-state index is -0.420. The molecular weight excluding hydrogens is 382 g/mol. The highest BCUT2D eigenvalue weighted by Gasteiger charge is 2.11. The molecule has 0 bridgehead atoms. The molecule has 2 N–H and O–H groups in total. The van der Waals surface area contributed by atoms with Crippen LogP contribution in [0, 0.1) is 0 Å². The molecule has 2 aromatic rings. The van der Waals surface area contributed by atoms with Gasteiger partial charge in [0.15, 0.2) is 11.5 Å². The van der Waals surface area contributed by atoms with Crippen LogP contribution in [0.1, 0.15) is 29.3 Å². The third kappa shape index (κ3) is 5.99. The smallest absolute Gasteiger partial charge is 0.271 e. The van der Waals surface area contributed by atoms with Crippen molar-refractivity contribution in [3.63, 3.8) is 0 Å². The molecule has 0 saturated heterocycles. The second kappa shape index (κ2) is 10.3. The fourth-order valence-electron chi connectivity index (χ4n) is 2.36. The van der Waals surface area contributed by atoms with Crippen molar-refractivity contribution >= 4 is 29.1 Å². The van der Waals surface area contributed by atoms with Gasteiger partial charge in [-0.15, -0.1) is 0 Å². The van der Waals surface area contributed by atoms with Gasteiger partial charge in [-0.2, -0.15) is 5.10 Å².